The van der Waals surface area contributed by atoms with Crippen LogP contribution in [0.15, 0.2) is 48.7 Å². The predicted molar refractivity (Wildman–Crippen MR) is 98.0 cm³/mol. The summed E-state index contributed by atoms with van der Waals surface area (Å²) in [5, 5.41) is 4.10. The van der Waals surface area contributed by atoms with Crippen LogP contribution in [0.2, 0.25) is 0 Å². The second-order valence-corrected chi connectivity index (χ2v) is 5.86. The number of aromatic amines is 1. The number of amides is 1. The van der Waals surface area contributed by atoms with Crippen molar-refractivity contribution < 1.29 is 14.3 Å². The van der Waals surface area contributed by atoms with E-state index in [1.165, 1.54) is 0 Å². The van der Waals surface area contributed by atoms with Crippen LogP contribution in [0.4, 0.5) is 0 Å². The Morgan fingerprint density at radius 2 is 2.04 bits per heavy atom. The van der Waals surface area contributed by atoms with Crippen LogP contribution < -0.4 is 10.1 Å². The van der Waals surface area contributed by atoms with Crippen molar-refractivity contribution in [3.8, 4) is 5.75 Å². The van der Waals surface area contributed by atoms with Crippen LogP contribution in [0.3, 0.4) is 0 Å². The van der Waals surface area contributed by atoms with Gasteiger partial charge in [-0.3, -0.25) is 4.79 Å². The molecule has 2 aromatic carbocycles. The molecule has 2 N–H and O–H groups in total. The van der Waals surface area contributed by atoms with Gasteiger partial charge in [-0.2, -0.15) is 0 Å². The first-order chi connectivity index (χ1) is 12.2. The van der Waals surface area contributed by atoms with E-state index in [2.05, 4.69) is 10.3 Å². The molecule has 3 aromatic rings. The van der Waals surface area contributed by atoms with E-state index in [1.807, 2.05) is 48.7 Å². The minimum Gasteiger partial charge on any atom is -0.497 e. The smallest absolute Gasteiger partial charge is 0.251 e. The lowest BCUT2D eigenvalue weighted by atomic mass is 10.1. The number of nitrogens with one attached hydrogen (secondary N) is 2. The summed E-state index contributed by atoms with van der Waals surface area (Å²) < 4.78 is 10.4. The van der Waals surface area contributed by atoms with Crippen molar-refractivity contribution in [2.45, 2.75) is 13.0 Å². The average Bonchev–Trinajstić information content (AvgIpc) is 3.04. The van der Waals surface area contributed by atoms with Crippen molar-refractivity contribution >= 4 is 16.8 Å². The maximum atomic E-state index is 12.3. The van der Waals surface area contributed by atoms with Crippen LogP contribution in [0.25, 0.3) is 10.9 Å². The molecule has 25 heavy (non-hydrogen) atoms. The molecule has 5 heteroatoms. The summed E-state index contributed by atoms with van der Waals surface area (Å²) in [5.41, 5.74) is 3.85. The topological polar surface area (TPSA) is 63.3 Å². The fourth-order valence-corrected chi connectivity index (χ4v) is 2.87. The van der Waals surface area contributed by atoms with Gasteiger partial charge in [0.2, 0.25) is 0 Å². The highest BCUT2D eigenvalue weighted by atomic mass is 16.5. The summed E-state index contributed by atoms with van der Waals surface area (Å²) in [5.74, 6) is 0.753. The average molecular weight is 338 g/mol. The Bertz CT molecular complexity index is 870. The molecule has 0 bridgehead atoms. The Morgan fingerprint density at radius 1 is 1.16 bits per heavy atom. The molecular formula is C20H22N2O3. The molecular weight excluding hydrogens is 316 g/mol. The van der Waals surface area contributed by atoms with Crippen LogP contribution in [-0.4, -0.2) is 31.7 Å². The Morgan fingerprint density at radius 3 is 2.84 bits per heavy atom. The van der Waals surface area contributed by atoms with Crippen LogP contribution in [-0.2, 0) is 17.8 Å². The third kappa shape index (κ3) is 4.00. The van der Waals surface area contributed by atoms with Gasteiger partial charge in [0, 0.05) is 36.3 Å². The number of methoxy groups -OCH3 is 2. The van der Waals surface area contributed by atoms with Crippen molar-refractivity contribution in [2.75, 3.05) is 20.8 Å². The number of rotatable bonds is 7. The molecule has 0 aliphatic rings. The third-order valence-corrected chi connectivity index (χ3v) is 4.15. The quantitative estimate of drug-likeness (QED) is 0.695. The monoisotopic (exact) mass is 338 g/mol. The van der Waals surface area contributed by atoms with Crippen LogP contribution >= 0.6 is 0 Å². The minimum atomic E-state index is -0.0737. The van der Waals surface area contributed by atoms with Crippen LogP contribution in [0.5, 0.6) is 5.75 Å². The van der Waals surface area contributed by atoms with Crippen molar-refractivity contribution in [3.05, 3.63) is 65.4 Å². The van der Waals surface area contributed by atoms with Gasteiger partial charge in [-0.1, -0.05) is 12.1 Å². The summed E-state index contributed by atoms with van der Waals surface area (Å²) in [7, 11) is 3.30. The molecule has 0 aliphatic heterocycles. The minimum absolute atomic E-state index is 0.0737. The maximum Gasteiger partial charge on any atom is 0.251 e. The Labute approximate surface area is 147 Å². The number of carbonyl (C=O) groups excluding carboxylic acids is 1. The molecule has 1 amide bonds. The molecule has 0 unspecified atom stereocenters. The molecule has 0 radical (unpaired) electrons. The van der Waals surface area contributed by atoms with Gasteiger partial charge in [0.25, 0.3) is 5.91 Å². The Hall–Kier alpha value is -2.79. The molecule has 0 saturated heterocycles. The lowest BCUT2D eigenvalue weighted by Gasteiger charge is -2.07. The van der Waals surface area contributed by atoms with Gasteiger partial charge >= 0.3 is 0 Å². The molecule has 1 aromatic heterocycles. The summed E-state index contributed by atoms with van der Waals surface area (Å²) in [6.45, 7) is 1.07. The number of hydrogen-bond acceptors (Lipinski definition) is 3. The van der Waals surface area contributed by atoms with E-state index >= 15 is 0 Å². The number of carbonyl (C=O) groups is 1. The number of ether oxygens (including phenoxy) is 2. The lowest BCUT2D eigenvalue weighted by Crippen LogP contribution is -2.25. The first-order valence-corrected chi connectivity index (χ1v) is 8.21. The highest BCUT2D eigenvalue weighted by Gasteiger charge is 2.08. The molecule has 3 rings (SSSR count). The van der Waals surface area contributed by atoms with Crippen molar-refractivity contribution in [2.24, 2.45) is 0 Å². The van der Waals surface area contributed by atoms with Gasteiger partial charge in [0.15, 0.2) is 0 Å². The van der Waals surface area contributed by atoms with Gasteiger partial charge in [-0.15, -0.1) is 0 Å². The maximum absolute atomic E-state index is 12.3. The molecule has 0 aliphatic carbocycles. The van der Waals surface area contributed by atoms with Gasteiger partial charge < -0.3 is 19.8 Å². The Balaban J connectivity index is 1.63. The highest BCUT2D eigenvalue weighted by molar-refractivity contribution is 5.94. The van der Waals surface area contributed by atoms with E-state index in [0.29, 0.717) is 18.7 Å². The van der Waals surface area contributed by atoms with E-state index in [1.54, 1.807) is 14.2 Å². The number of fused-ring (bicyclic) bond motifs is 1. The van der Waals surface area contributed by atoms with E-state index in [4.69, 9.17) is 9.47 Å². The zero-order valence-corrected chi connectivity index (χ0v) is 14.5. The third-order valence-electron chi connectivity index (χ3n) is 4.15. The molecule has 0 fully saturated rings. The van der Waals surface area contributed by atoms with Gasteiger partial charge in [-0.05, 0) is 47.9 Å². The van der Waals surface area contributed by atoms with E-state index in [9.17, 15) is 4.79 Å². The summed E-state index contributed by atoms with van der Waals surface area (Å²) in [4.78, 5) is 15.6. The van der Waals surface area contributed by atoms with Crippen molar-refractivity contribution in [3.63, 3.8) is 0 Å². The summed E-state index contributed by atoms with van der Waals surface area (Å²) in [6, 6.07) is 13.4. The first-order valence-electron chi connectivity index (χ1n) is 8.21. The summed E-state index contributed by atoms with van der Waals surface area (Å²) >= 11 is 0. The predicted octanol–water partition coefficient (Wildman–Crippen LogP) is 3.30. The zero-order valence-electron chi connectivity index (χ0n) is 14.5. The molecule has 0 atom stereocenters. The standard InChI is InChI=1S/C20H22N2O3/c1-24-13-14-4-3-5-15(10-14)20(23)21-9-8-16-12-22-19-7-6-17(25-2)11-18(16)19/h3-7,10-12,22H,8-9,13H2,1-2H3,(H,21,23). The number of benzene rings is 2. The van der Waals surface area contributed by atoms with E-state index < -0.39 is 0 Å². The second kappa shape index (κ2) is 7.85. The van der Waals surface area contributed by atoms with Crippen LogP contribution in [0, 0.1) is 0 Å². The highest BCUT2D eigenvalue weighted by Crippen LogP contribution is 2.23. The number of aromatic nitrogens is 1. The van der Waals surface area contributed by atoms with Gasteiger partial charge in [0.05, 0.1) is 13.7 Å². The number of H-pyrrole nitrogens is 1. The zero-order chi connectivity index (χ0) is 17.6. The SMILES string of the molecule is COCc1cccc(C(=O)NCCc2c[nH]c3ccc(OC)cc23)c1. The van der Waals surface area contributed by atoms with E-state index in [-0.39, 0.29) is 5.91 Å². The normalized spacial score (nSPS) is 10.8. The van der Waals surface area contributed by atoms with E-state index in [0.717, 1.165) is 34.2 Å². The molecule has 0 saturated carbocycles. The molecule has 5 nitrogen and oxygen atoms in total. The van der Waals surface area contributed by atoms with Crippen LogP contribution in [0.1, 0.15) is 21.5 Å². The molecule has 0 spiro atoms. The molecule has 1 heterocycles. The van der Waals surface area contributed by atoms with Crippen molar-refractivity contribution in [1.29, 1.82) is 0 Å². The fraction of sp³-hybridized carbons (Fsp3) is 0.250. The first kappa shape index (κ1) is 17.0. The number of hydrogen-bond donors (Lipinski definition) is 2. The van der Waals surface area contributed by atoms with Gasteiger partial charge in [-0.25, -0.2) is 0 Å². The Kier molecular flexibility index (Phi) is 5.36. The fourth-order valence-electron chi connectivity index (χ4n) is 2.87. The largest absolute Gasteiger partial charge is 0.497 e. The lowest BCUT2D eigenvalue weighted by molar-refractivity contribution is 0.0954. The van der Waals surface area contributed by atoms with Crippen molar-refractivity contribution in [1.82, 2.24) is 10.3 Å². The molecule has 130 valence electrons. The second-order valence-electron chi connectivity index (χ2n) is 5.86. The summed E-state index contributed by atoms with van der Waals surface area (Å²) in [6.07, 6.45) is 2.73. The van der Waals surface area contributed by atoms with Gasteiger partial charge in [0.1, 0.15) is 5.75 Å².